The van der Waals surface area contributed by atoms with E-state index in [0.29, 0.717) is 5.82 Å². The molecule has 0 unspecified atom stereocenters. The van der Waals surface area contributed by atoms with E-state index in [1.165, 1.54) is 6.07 Å². The lowest BCUT2D eigenvalue weighted by atomic mass is 9.81. The summed E-state index contributed by atoms with van der Waals surface area (Å²) < 4.78 is 0. The number of aromatic nitrogens is 1. The molecule has 0 saturated heterocycles. The molecule has 0 atom stereocenters. The van der Waals surface area contributed by atoms with Gasteiger partial charge in [-0.15, -0.1) is 0 Å². The summed E-state index contributed by atoms with van der Waals surface area (Å²) in [5.41, 5.74) is -0.165. The second kappa shape index (κ2) is 3.63. The van der Waals surface area contributed by atoms with Crippen molar-refractivity contribution in [3.63, 3.8) is 0 Å². The Labute approximate surface area is 75.8 Å². The van der Waals surface area contributed by atoms with Gasteiger partial charge in [-0.1, -0.05) is 0 Å². The maximum Gasteiger partial charge on any atom is 0.488 e. The van der Waals surface area contributed by atoms with Crippen molar-refractivity contribution in [2.75, 3.05) is 19.0 Å². The van der Waals surface area contributed by atoms with Crippen LogP contribution in [0.2, 0.25) is 0 Å². The Kier molecular flexibility index (Phi) is 2.74. The average Bonchev–Trinajstić information content (AvgIpc) is 2.03. The molecule has 0 aliphatic carbocycles. The molecule has 6 heteroatoms. The first kappa shape index (κ1) is 9.82. The summed E-state index contributed by atoms with van der Waals surface area (Å²) in [4.78, 5) is 15.2. The summed E-state index contributed by atoms with van der Waals surface area (Å²) >= 11 is 0. The van der Waals surface area contributed by atoms with Crippen molar-refractivity contribution in [2.24, 2.45) is 0 Å². The molecule has 0 amide bonds. The van der Waals surface area contributed by atoms with Gasteiger partial charge in [-0.25, -0.2) is 0 Å². The fourth-order valence-electron chi connectivity index (χ4n) is 0.939. The van der Waals surface area contributed by atoms with Gasteiger partial charge in [-0.3, -0.25) is 4.79 Å². The quantitative estimate of drug-likeness (QED) is 0.468. The van der Waals surface area contributed by atoms with Crippen LogP contribution < -0.4 is 15.9 Å². The molecule has 0 spiro atoms. The van der Waals surface area contributed by atoms with Crippen LogP contribution in [-0.4, -0.2) is 36.2 Å². The highest BCUT2D eigenvalue weighted by Gasteiger charge is 2.12. The Balaban J connectivity index is 3.19. The molecule has 0 aliphatic heterocycles. The number of H-pyrrole nitrogens is 1. The molecule has 0 fully saturated rings. The highest BCUT2D eigenvalue weighted by atomic mass is 16.4. The van der Waals surface area contributed by atoms with Crippen LogP contribution in [-0.2, 0) is 0 Å². The van der Waals surface area contributed by atoms with Crippen molar-refractivity contribution in [2.45, 2.75) is 0 Å². The molecule has 0 bridgehead atoms. The Morgan fingerprint density at radius 2 is 2.00 bits per heavy atom. The maximum atomic E-state index is 11.0. The second-order valence-electron chi connectivity index (χ2n) is 2.93. The van der Waals surface area contributed by atoms with E-state index in [1.54, 1.807) is 19.0 Å². The van der Waals surface area contributed by atoms with Gasteiger partial charge in [-0.2, -0.15) is 0 Å². The van der Waals surface area contributed by atoms with Gasteiger partial charge >= 0.3 is 7.12 Å². The lowest BCUT2D eigenvalue weighted by Crippen LogP contribution is -2.34. The van der Waals surface area contributed by atoms with Crippen LogP contribution in [0, 0.1) is 0 Å². The second-order valence-corrected chi connectivity index (χ2v) is 2.93. The standard InChI is InChI=1S/C7H11BN2O3/c1-10(2)6-3-5(8(12)13)4-7(11)9-6/h3-4,12-13H,1-2H3,(H,9,11). The zero-order valence-electron chi connectivity index (χ0n) is 7.48. The van der Waals surface area contributed by atoms with Crippen molar-refractivity contribution in [1.29, 1.82) is 0 Å². The van der Waals surface area contributed by atoms with E-state index >= 15 is 0 Å². The normalized spacial score (nSPS) is 9.85. The molecule has 70 valence electrons. The Hall–Kier alpha value is -1.27. The third-order valence-corrected chi connectivity index (χ3v) is 1.63. The number of nitrogens with one attached hydrogen (secondary N) is 1. The summed E-state index contributed by atoms with van der Waals surface area (Å²) in [5, 5.41) is 17.7. The fourth-order valence-corrected chi connectivity index (χ4v) is 0.939. The molecule has 0 saturated carbocycles. The average molecular weight is 182 g/mol. The van der Waals surface area contributed by atoms with E-state index in [4.69, 9.17) is 10.0 Å². The SMILES string of the molecule is CN(C)c1cc(B(O)O)cc(=O)[nH]1. The number of hydrogen-bond acceptors (Lipinski definition) is 4. The highest BCUT2D eigenvalue weighted by Crippen LogP contribution is 1.99. The number of anilines is 1. The van der Waals surface area contributed by atoms with Crippen LogP contribution >= 0.6 is 0 Å². The zero-order chi connectivity index (χ0) is 10.0. The predicted molar refractivity (Wildman–Crippen MR) is 51.2 cm³/mol. The van der Waals surface area contributed by atoms with Gasteiger partial charge in [-0.05, 0) is 11.5 Å². The van der Waals surface area contributed by atoms with Crippen molar-refractivity contribution in [1.82, 2.24) is 4.98 Å². The molecular formula is C7H11BN2O3. The maximum absolute atomic E-state index is 11.0. The van der Waals surface area contributed by atoms with Gasteiger partial charge in [0, 0.05) is 20.2 Å². The lowest BCUT2D eigenvalue weighted by Gasteiger charge is -2.12. The van der Waals surface area contributed by atoms with Gasteiger partial charge in [0.15, 0.2) is 0 Å². The lowest BCUT2D eigenvalue weighted by molar-refractivity contribution is 0.425. The number of aromatic amines is 1. The Bertz CT molecular complexity index is 319. The summed E-state index contributed by atoms with van der Waals surface area (Å²) in [7, 11) is 1.89. The molecule has 1 heterocycles. The molecule has 5 nitrogen and oxygen atoms in total. The van der Waals surface area contributed by atoms with Crippen LogP contribution in [0.1, 0.15) is 0 Å². The summed E-state index contributed by atoms with van der Waals surface area (Å²) in [6.07, 6.45) is 0. The summed E-state index contributed by atoms with van der Waals surface area (Å²) in [6.45, 7) is 0. The Morgan fingerprint density at radius 1 is 1.38 bits per heavy atom. The van der Waals surface area contributed by atoms with Crippen molar-refractivity contribution < 1.29 is 10.0 Å². The molecule has 1 rings (SSSR count). The topological polar surface area (TPSA) is 76.6 Å². The molecule has 3 N–H and O–H groups in total. The first-order chi connectivity index (χ1) is 6.00. The van der Waals surface area contributed by atoms with Crippen LogP contribution in [0.15, 0.2) is 16.9 Å². The van der Waals surface area contributed by atoms with Crippen LogP contribution in [0.25, 0.3) is 0 Å². The van der Waals surface area contributed by atoms with Gasteiger partial charge in [0.1, 0.15) is 5.82 Å². The smallest absolute Gasteiger partial charge is 0.423 e. The monoisotopic (exact) mass is 182 g/mol. The molecular weight excluding hydrogens is 171 g/mol. The summed E-state index contributed by atoms with van der Waals surface area (Å²) in [5.74, 6) is 0.538. The van der Waals surface area contributed by atoms with E-state index < -0.39 is 7.12 Å². The van der Waals surface area contributed by atoms with Crippen molar-refractivity contribution in [3.05, 3.63) is 22.5 Å². The van der Waals surface area contributed by atoms with Crippen molar-refractivity contribution in [3.8, 4) is 0 Å². The third kappa shape index (κ3) is 2.33. The van der Waals surface area contributed by atoms with Gasteiger partial charge in [0.25, 0.3) is 0 Å². The largest absolute Gasteiger partial charge is 0.488 e. The molecule has 1 aromatic heterocycles. The van der Waals surface area contributed by atoms with E-state index in [-0.39, 0.29) is 11.0 Å². The van der Waals surface area contributed by atoms with Crippen LogP contribution in [0.3, 0.4) is 0 Å². The minimum atomic E-state index is -1.61. The van der Waals surface area contributed by atoms with E-state index in [0.717, 1.165) is 6.07 Å². The fraction of sp³-hybridized carbons (Fsp3) is 0.286. The zero-order valence-corrected chi connectivity index (χ0v) is 7.48. The van der Waals surface area contributed by atoms with Crippen LogP contribution in [0.5, 0.6) is 0 Å². The third-order valence-electron chi connectivity index (χ3n) is 1.63. The minimum Gasteiger partial charge on any atom is -0.423 e. The highest BCUT2D eigenvalue weighted by molar-refractivity contribution is 6.58. The van der Waals surface area contributed by atoms with E-state index in [9.17, 15) is 4.79 Å². The predicted octanol–water partition coefficient (Wildman–Crippen LogP) is -1.88. The van der Waals surface area contributed by atoms with E-state index in [1.807, 2.05) is 0 Å². The number of rotatable bonds is 2. The van der Waals surface area contributed by atoms with Gasteiger partial charge < -0.3 is 19.9 Å². The van der Waals surface area contributed by atoms with Gasteiger partial charge in [0.2, 0.25) is 5.56 Å². The minimum absolute atomic E-state index is 0.187. The molecule has 13 heavy (non-hydrogen) atoms. The first-order valence-electron chi connectivity index (χ1n) is 3.78. The van der Waals surface area contributed by atoms with Gasteiger partial charge in [0.05, 0.1) is 0 Å². The molecule has 0 aliphatic rings. The number of pyridine rings is 1. The summed E-state index contributed by atoms with van der Waals surface area (Å²) in [6, 6.07) is 2.66. The molecule has 1 aromatic rings. The first-order valence-corrected chi connectivity index (χ1v) is 3.78. The van der Waals surface area contributed by atoms with E-state index in [2.05, 4.69) is 4.98 Å². The Morgan fingerprint density at radius 3 is 2.46 bits per heavy atom. The number of nitrogens with zero attached hydrogens (tertiary/aromatic N) is 1. The number of hydrogen-bond donors (Lipinski definition) is 3. The van der Waals surface area contributed by atoms with Crippen molar-refractivity contribution >= 4 is 18.4 Å². The molecule has 0 radical (unpaired) electrons. The van der Waals surface area contributed by atoms with Crippen LogP contribution in [0.4, 0.5) is 5.82 Å². The molecule has 0 aromatic carbocycles.